The third-order valence-corrected chi connectivity index (χ3v) is 3.64. The summed E-state index contributed by atoms with van der Waals surface area (Å²) in [4.78, 5) is 23.8. The number of hydrogen-bond acceptors (Lipinski definition) is 4. The maximum atomic E-state index is 12.0. The van der Waals surface area contributed by atoms with E-state index < -0.39 is 0 Å². The quantitative estimate of drug-likeness (QED) is 0.794. The number of carbonyl (C=O) groups is 2. The van der Waals surface area contributed by atoms with Crippen LogP contribution >= 0.6 is 11.6 Å². The summed E-state index contributed by atoms with van der Waals surface area (Å²) in [5, 5.41) is 5.87. The monoisotopic (exact) mass is 362 g/mol. The van der Waals surface area contributed by atoms with Crippen molar-refractivity contribution in [1.29, 1.82) is 0 Å². The molecule has 2 rings (SSSR count). The number of ether oxygens (including phenoxy) is 2. The van der Waals surface area contributed by atoms with Crippen LogP contribution < -0.4 is 20.1 Å². The van der Waals surface area contributed by atoms with E-state index in [-0.39, 0.29) is 24.8 Å². The summed E-state index contributed by atoms with van der Waals surface area (Å²) >= 11 is 5.80. The molecule has 0 bridgehead atoms. The van der Waals surface area contributed by atoms with Crippen molar-refractivity contribution in [3.8, 4) is 11.5 Å². The molecule has 0 aromatic heterocycles. The fourth-order valence-electron chi connectivity index (χ4n) is 2.15. The van der Waals surface area contributed by atoms with Crippen molar-refractivity contribution >= 4 is 29.1 Å². The van der Waals surface area contributed by atoms with Gasteiger partial charge < -0.3 is 20.1 Å². The van der Waals surface area contributed by atoms with Crippen molar-refractivity contribution in [3.63, 3.8) is 0 Å². The minimum Gasteiger partial charge on any atom is -0.493 e. The highest BCUT2D eigenvalue weighted by Crippen LogP contribution is 2.29. The Balaban J connectivity index is 1.84. The number of halogens is 1. The maximum Gasteiger partial charge on any atom is 0.243 e. The van der Waals surface area contributed by atoms with Gasteiger partial charge in [-0.2, -0.15) is 0 Å². The van der Waals surface area contributed by atoms with Gasteiger partial charge in [0.25, 0.3) is 0 Å². The molecule has 0 atom stereocenters. The third-order valence-electron chi connectivity index (χ3n) is 3.39. The molecule has 7 heteroatoms. The Kier molecular flexibility index (Phi) is 6.65. The Bertz CT molecular complexity index is 747. The zero-order valence-electron chi connectivity index (χ0n) is 14.0. The molecule has 0 aliphatic carbocycles. The Morgan fingerprint density at radius 3 is 2.28 bits per heavy atom. The molecule has 0 saturated heterocycles. The maximum absolute atomic E-state index is 12.0. The summed E-state index contributed by atoms with van der Waals surface area (Å²) < 4.78 is 10.3. The first kappa shape index (κ1) is 18.6. The number of carbonyl (C=O) groups excluding carboxylic acids is 2. The molecule has 2 N–H and O–H groups in total. The minimum atomic E-state index is -0.336. The van der Waals surface area contributed by atoms with Gasteiger partial charge in [-0.1, -0.05) is 23.7 Å². The highest BCUT2D eigenvalue weighted by Gasteiger charge is 2.09. The second-order valence-corrected chi connectivity index (χ2v) is 5.63. The topological polar surface area (TPSA) is 76.7 Å². The predicted octanol–water partition coefficient (Wildman–Crippen LogP) is 2.65. The van der Waals surface area contributed by atoms with Crippen molar-refractivity contribution in [1.82, 2.24) is 5.32 Å². The van der Waals surface area contributed by atoms with Crippen molar-refractivity contribution in [2.45, 2.75) is 6.42 Å². The molecule has 2 amide bonds. The van der Waals surface area contributed by atoms with E-state index in [1.807, 2.05) is 0 Å². The standard InChI is InChI=1S/C18H19ClN2O4/c1-24-15-8-7-14(10-16(15)25-2)21-18(23)11-20-17(22)9-12-3-5-13(19)6-4-12/h3-8,10H,9,11H2,1-2H3,(H,20,22)(H,21,23). The fraction of sp³-hybridized carbons (Fsp3) is 0.222. The predicted molar refractivity (Wildman–Crippen MR) is 96.3 cm³/mol. The zero-order chi connectivity index (χ0) is 18.2. The number of hydrogen-bond donors (Lipinski definition) is 2. The average molecular weight is 363 g/mol. The number of nitrogens with one attached hydrogen (secondary N) is 2. The van der Waals surface area contributed by atoms with Crippen LogP contribution in [0.2, 0.25) is 5.02 Å². The highest BCUT2D eigenvalue weighted by molar-refractivity contribution is 6.30. The summed E-state index contributed by atoms with van der Waals surface area (Å²) in [6, 6.07) is 12.0. The molecule has 6 nitrogen and oxygen atoms in total. The lowest BCUT2D eigenvalue weighted by atomic mass is 10.1. The van der Waals surface area contributed by atoms with Crippen molar-refractivity contribution in [2.75, 3.05) is 26.1 Å². The minimum absolute atomic E-state index is 0.124. The smallest absolute Gasteiger partial charge is 0.243 e. The second-order valence-electron chi connectivity index (χ2n) is 5.20. The fourth-order valence-corrected chi connectivity index (χ4v) is 2.27. The average Bonchev–Trinajstić information content (AvgIpc) is 2.62. The Labute approximate surface area is 151 Å². The largest absolute Gasteiger partial charge is 0.493 e. The highest BCUT2D eigenvalue weighted by atomic mass is 35.5. The van der Waals surface area contributed by atoms with Crippen LogP contribution in [0.15, 0.2) is 42.5 Å². The Hall–Kier alpha value is -2.73. The summed E-state index contributed by atoms with van der Waals surface area (Å²) in [5.74, 6) is 0.491. The van der Waals surface area contributed by atoms with Gasteiger partial charge in [-0.25, -0.2) is 0 Å². The number of rotatable bonds is 7. The molecule has 0 saturated carbocycles. The lowest BCUT2D eigenvalue weighted by Gasteiger charge is -2.11. The molecule has 0 aliphatic rings. The van der Waals surface area contributed by atoms with Gasteiger partial charge in [0, 0.05) is 16.8 Å². The van der Waals surface area contributed by atoms with Gasteiger partial charge in [0.2, 0.25) is 11.8 Å². The van der Waals surface area contributed by atoms with Crippen LogP contribution in [-0.4, -0.2) is 32.6 Å². The van der Waals surface area contributed by atoms with E-state index in [0.29, 0.717) is 22.2 Å². The van der Waals surface area contributed by atoms with Crippen LogP contribution in [0.5, 0.6) is 11.5 Å². The number of anilines is 1. The second kappa shape index (κ2) is 8.94. The van der Waals surface area contributed by atoms with E-state index >= 15 is 0 Å². The van der Waals surface area contributed by atoms with Gasteiger partial charge >= 0.3 is 0 Å². The van der Waals surface area contributed by atoms with Crippen LogP contribution in [0, 0.1) is 0 Å². The molecular formula is C18H19ClN2O4. The first-order valence-electron chi connectivity index (χ1n) is 7.55. The lowest BCUT2D eigenvalue weighted by molar-refractivity contribution is -0.123. The normalized spacial score (nSPS) is 10.0. The molecule has 132 valence electrons. The Morgan fingerprint density at radius 2 is 1.64 bits per heavy atom. The molecule has 0 unspecified atom stereocenters. The first-order valence-corrected chi connectivity index (χ1v) is 7.92. The van der Waals surface area contributed by atoms with Crippen LogP contribution in [0.4, 0.5) is 5.69 Å². The van der Waals surface area contributed by atoms with Gasteiger partial charge in [-0.05, 0) is 29.8 Å². The lowest BCUT2D eigenvalue weighted by Crippen LogP contribution is -2.33. The van der Waals surface area contributed by atoms with Gasteiger partial charge in [0.1, 0.15) is 0 Å². The Morgan fingerprint density at radius 1 is 0.960 bits per heavy atom. The molecular weight excluding hydrogens is 344 g/mol. The molecule has 0 aliphatic heterocycles. The third kappa shape index (κ3) is 5.69. The van der Waals surface area contributed by atoms with E-state index in [0.717, 1.165) is 5.56 Å². The molecule has 2 aromatic rings. The molecule has 2 aromatic carbocycles. The van der Waals surface area contributed by atoms with Crippen LogP contribution in [0.3, 0.4) is 0 Å². The molecule has 0 radical (unpaired) electrons. The number of benzene rings is 2. The molecule has 0 heterocycles. The van der Waals surface area contributed by atoms with E-state index in [1.165, 1.54) is 14.2 Å². The SMILES string of the molecule is COc1ccc(NC(=O)CNC(=O)Cc2ccc(Cl)cc2)cc1OC. The van der Waals surface area contributed by atoms with E-state index in [2.05, 4.69) is 10.6 Å². The van der Waals surface area contributed by atoms with Crippen LogP contribution in [-0.2, 0) is 16.0 Å². The van der Waals surface area contributed by atoms with Crippen LogP contribution in [0.1, 0.15) is 5.56 Å². The zero-order valence-corrected chi connectivity index (χ0v) is 14.7. The number of amides is 2. The van der Waals surface area contributed by atoms with Crippen molar-refractivity contribution in [3.05, 3.63) is 53.1 Å². The summed E-state index contributed by atoms with van der Waals surface area (Å²) in [6.45, 7) is -0.124. The van der Waals surface area contributed by atoms with Gasteiger partial charge in [-0.3, -0.25) is 9.59 Å². The van der Waals surface area contributed by atoms with E-state index in [1.54, 1.807) is 42.5 Å². The summed E-state index contributed by atoms with van der Waals surface area (Å²) in [7, 11) is 3.05. The molecule has 25 heavy (non-hydrogen) atoms. The first-order chi connectivity index (χ1) is 12.0. The molecule has 0 spiro atoms. The van der Waals surface area contributed by atoms with Crippen LogP contribution in [0.25, 0.3) is 0 Å². The van der Waals surface area contributed by atoms with Crippen molar-refractivity contribution < 1.29 is 19.1 Å². The summed E-state index contributed by atoms with van der Waals surface area (Å²) in [6.07, 6.45) is 0.181. The molecule has 0 fully saturated rings. The van der Waals surface area contributed by atoms with Gasteiger partial charge in [-0.15, -0.1) is 0 Å². The number of methoxy groups -OCH3 is 2. The van der Waals surface area contributed by atoms with E-state index in [4.69, 9.17) is 21.1 Å². The van der Waals surface area contributed by atoms with Gasteiger partial charge in [0.15, 0.2) is 11.5 Å². The van der Waals surface area contributed by atoms with Gasteiger partial charge in [0.05, 0.1) is 27.2 Å². The van der Waals surface area contributed by atoms with E-state index in [9.17, 15) is 9.59 Å². The summed E-state index contributed by atoms with van der Waals surface area (Å²) in [5.41, 5.74) is 1.37. The van der Waals surface area contributed by atoms with Crippen molar-refractivity contribution in [2.24, 2.45) is 0 Å².